The predicted octanol–water partition coefficient (Wildman–Crippen LogP) is 0.0966. The van der Waals surface area contributed by atoms with Crippen LogP contribution in [0.2, 0.25) is 0 Å². The zero-order valence-corrected chi connectivity index (χ0v) is 6.17. The average Bonchev–Trinajstić information content (AvgIpc) is 2.46. The summed E-state index contributed by atoms with van der Waals surface area (Å²) in [7, 11) is 0. The van der Waals surface area contributed by atoms with Crippen LogP contribution in [0.15, 0.2) is 4.99 Å². The van der Waals surface area contributed by atoms with Gasteiger partial charge < -0.3 is 4.98 Å². The Morgan fingerprint density at radius 3 is 3.00 bits per heavy atom. The molecule has 0 spiro atoms. The second kappa shape index (κ2) is 2.34. The summed E-state index contributed by atoms with van der Waals surface area (Å²) in [5.74, 6) is 0.615. The largest absolute Gasteiger partial charge is 0.323 e. The highest BCUT2D eigenvalue weighted by molar-refractivity contribution is 5.39. The van der Waals surface area contributed by atoms with Crippen LogP contribution >= 0.6 is 0 Å². The van der Waals surface area contributed by atoms with E-state index in [1.54, 1.807) is 0 Å². The van der Waals surface area contributed by atoms with E-state index in [9.17, 15) is 0 Å². The number of aromatic nitrogens is 2. The van der Waals surface area contributed by atoms with E-state index in [-0.39, 0.29) is 0 Å². The van der Waals surface area contributed by atoms with Crippen molar-refractivity contribution in [2.24, 2.45) is 4.99 Å². The molecule has 0 fully saturated rings. The smallest absolute Gasteiger partial charge is 0.227 e. The van der Waals surface area contributed by atoms with Gasteiger partial charge in [0, 0.05) is 0 Å². The first-order valence-corrected chi connectivity index (χ1v) is 3.63. The van der Waals surface area contributed by atoms with Crippen molar-refractivity contribution in [3.05, 3.63) is 10.7 Å². The van der Waals surface area contributed by atoms with Gasteiger partial charge in [-0.15, -0.1) is 0 Å². The van der Waals surface area contributed by atoms with Gasteiger partial charge in [-0.2, -0.15) is 0 Å². The van der Waals surface area contributed by atoms with Gasteiger partial charge in [0.05, 0.1) is 10.7 Å². The fourth-order valence-corrected chi connectivity index (χ4v) is 1.22. The number of nitrogens with zero attached hydrogens (tertiary/aromatic N) is 2. The van der Waals surface area contributed by atoms with Crippen LogP contribution in [0.3, 0.4) is 0 Å². The molecule has 0 saturated carbocycles. The molecule has 0 saturated heterocycles. The standard InChI is InChI=1S/C8H9N3/c1-9-8-10-6-4-2-3-5-7(6)11-8/h4-5H,1-3H2,(H,10,11). The number of nitrogens with one attached hydrogen (secondary N) is 1. The Bertz CT molecular complexity index is 352. The summed E-state index contributed by atoms with van der Waals surface area (Å²) in [6, 6.07) is 0. The number of H-pyrrole nitrogens is 1. The van der Waals surface area contributed by atoms with Crippen molar-refractivity contribution in [1.82, 2.24) is 9.97 Å². The lowest BCUT2D eigenvalue weighted by molar-refractivity contribution is 1.09. The topological polar surface area (TPSA) is 41.0 Å². The van der Waals surface area contributed by atoms with Gasteiger partial charge in [0.1, 0.15) is 0 Å². The molecule has 3 heteroatoms. The molecule has 0 aliphatic heterocycles. The molecule has 2 rings (SSSR count). The number of aliphatic imine (C=N–C) groups is 1. The maximum Gasteiger partial charge on any atom is 0.227 e. The van der Waals surface area contributed by atoms with Crippen molar-refractivity contribution in [1.29, 1.82) is 0 Å². The van der Waals surface area contributed by atoms with E-state index >= 15 is 0 Å². The van der Waals surface area contributed by atoms with Gasteiger partial charge >= 0.3 is 0 Å². The van der Waals surface area contributed by atoms with E-state index in [2.05, 4.69) is 33.8 Å². The van der Waals surface area contributed by atoms with Crippen LogP contribution in [-0.2, 0) is 0 Å². The number of hydrogen-bond acceptors (Lipinski definition) is 2. The zero-order chi connectivity index (χ0) is 7.68. The van der Waals surface area contributed by atoms with Gasteiger partial charge in [0.15, 0.2) is 0 Å². The lowest BCUT2D eigenvalue weighted by Gasteiger charge is -1.89. The number of rotatable bonds is 1. The van der Waals surface area contributed by atoms with Crippen molar-refractivity contribution < 1.29 is 0 Å². The third-order valence-electron chi connectivity index (χ3n) is 1.75. The average molecular weight is 147 g/mol. The van der Waals surface area contributed by atoms with Gasteiger partial charge in [0.25, 0.3) is 0 Å². The number of imidazole rings is 1. The molecule has 1 N–H and O–H groups in total. The number of aromatic amines is 1. The van der Waals surface area contributed by atoms with Crippen molar-refractivity contribution in [2.75, 3.05) is 0 Å². The monoisotopic (exact) mass is 147 g/mol. The van der Waals surface area contributed by atoms with E-state index in [1.807, 2.05) is 0 Å². The SMILES string of the molecule is C=Nc1nc2c([nH]1)=CCCC=2. The van der Waals surface area contributed by atoms with Gasteiger partial charge in [-0.25, -0.2) is 9.98 Å². The summed E-state index contributed by atoms with van der Waals surface area (Å²) in [6.45, 7) is 3.40. The molecular weight excluding hydrogens is 138 g/mol. The van der Waals surface area contributed by atoms with Crippen molar-refractivity contribution in [3.63, 3.8) is 0 Å². The van der Waals surface area contributed by atoms with Crippen molar-refractivity contribution in [2.45, 2.75) is 12.8 Å². The fraction of sp³-hybridized carbons (Fsp3) is 0.250. The molecule has 1 aromatic heterocycles. The van der Waals surface area contributed by atoms with Crippen LogP contribution in [-0.4, -0.2) is 16.7 Å². The van der Waals surface area contributed by atoms with Crippen LogP contribution in [0.25, 0.3) is 12.2 Å². The van der Waals surface area contributed by atoms with Crippen LogP contribution < -0.4 is 10.7 Å². The fourth-order valence-electron chi connectivity index (χ4n) is 1.22. The van der Waals surface area contributed by atoms with Gasteiger partial charge in [-0.3, -0.25) is 0 Å². The van der Waals surface area contributed by atoms with E-state index < -0.39 is 0 Å². The Hall–Kier alpha value is -1.38. The van der Waals surface area contributed by atoms with Crippen molar-refractivity contribution in [3.8, 4) is 0 Å². The third-order valence-corrected chi connectivity index (χ3v) is 1.75. The lowest BCUT2D eigenvalue weighted by Crippen LogP contribution is -2.26. The predicted molar refractivity (Wildman–Crippen MR) is 45.2 cm³/mol. The summed E-state index contributed by atoms with van der Waals surface area (Å²) in [5.41, 5.74) is 0. The van der Waals surface area contributed by atoms with E-state index in [0.717, 1.165) is 23.5 Å². The van der Waals surface area contributed by atoms with Crippen LogP contribution in [0.4, 0.5) is 5.95 Å². The Kier molecular flexibility index (Phi) is 1.35. The minimum atomic E-state index is 0.615. The molecule has 56 valence electrons. The Morgan fingerprint density at radius 2 is 2.27 bits per heavy atom. The maximum atomic E-state index is 4.20. The molecule has 1 aromatic rings. The Morgan fingerprint density at radius 1 is 1.45 bits per heavy atom. The molecule has 11 heavy (non-hydrogen) atoms. The van der Waals surface area contributed by atoms with E-state index in [4.69, 9.17) is 0 Å². The summed E-state index contributed by atoms with van der Waals surface area (Å²) >= 11 is 0. The molecule has 0 aromatic carbocycles. The minimum absolute atomic E-state index is 0.615. The quantitative estimate of drug-likeness (QED) is 0.562. The first kappa shape index (κ1) is 6.34. The highest BCUT2D eigenvalue weighted by atomic mass is 15.0. The highest BCUT2D eigenvalue weighted by Gasteiger charge is 1.97. The third kappa shape index (κ3) is 0.981. The van der Waals surface area contributed by atoms with Crippen LogP contribution in [0.5, 0.6) is 0 Å². The molecule has 3 nitrogen and oxygen atoms in total. The second-order valence-corrected chi connectivity index (χ2v) is 2.50. The maximum absolute atomic E-state index is 4.20. The molecule has 0 amide bonds. The number of hydrogen-bond donors (Lipinski definition) is 1. The highest BCUT2D eigenvalue weighted by Crippen LogP contribution is 1.97. The zero-order valence-electron chi connectivity index (χ0n) is 6.17. The molecule has 1 aliphatic carbocycles. The first-order valence-electron chi connectivity index (χ1n) is 3.63. The summed E-state index contributed by atoms with van der Waals surface area (Å²) in [5, 5.41) is 2.09. The molecule has 0 bridgehead atoms. The molecular formula is C8H9N3. The molecule has 0 atom stereocenters. The molecule has 1 aliphatic rings. The lowest BCUT2D eigenvalue weighted by atomic mass is 10.2. The van der Waals surface area contributed by atoms with Crippen LogP contribution in [0, 0.1) is 0 Å². The first-order chi connectivity index (χ1) is 5.40. The van der Waals surface area contributed by atoms with Gasteiger partial charge in [-0.1, -0.05) is 12.2 Å². The van der Waals surface area contributed by atoms with Gasteiger partial charge in [0.2, 0.25) is 5.95 Å². The van der Waals surface area contributed by atoms with E-state index in [0.29, 0.717) is 5.95 Å². The normalized spacial score (nSPS) is 14.5. The second-order valence-electron chi connectivity index (χ2n) is 2.50. The molecule has 0 unspecified atom stereocenters. The van der Waals surface area contributed by atoms with Crippen LogP contribution in [0.1, 0.15) is 12.8 Å². The minimum Gasteiger partial charge on any atom is -0.323 e. The number of fused-ring (bicyclic) bond motifs is 1. The van der Waals surface area contributed by atoms with Crippen molar-refractivity contribution >= 4 is 24.8 Å². The Balaban J connectivity index is 2.75. The molecule has 0 radical (unpaired) electrons. The molecule has 1 heterocycles. The summed E-state index contributed by atoms with van der Waals surface area (Å²) in [6.07, 6.45) is 6.41. The summed E-state index contributed by atoms with van der Waals surface area (Å²) in [4.78, 5) is 11.0. The van der Waals surface area contributed by atoms with E-state index in [1.165, 1.54) is 0 Å². The summed E-state index contributed by atoms with van der Waals surface area (Å²) < 4.78 is 0. The Labute approximate surface area is 64.2 Å². The van der Waals surface area contributed by atoms with Gasteiger partial charge in [-0.05, 0) is 19.6 Å².